The van der Waals surface area contributed by atoms with E-state index < -0.39 is 5.91 Å². The highest BCUT2D eigenvalue weighted by Gasteiger charge is 2.40. The quantitative estimate of drug-likeness (QED) is 0.336. The predicted octanol–water partition coefficient (Wildman–Crippen LogP) is 5.47. The van der Waals surface area contributed by atoms with E-state index in [2.05, 4.69) is 0 Å². The monoisotopic (exact) mass is 492 g/mol. The first-order valence-electron chi connectivity index (χ1n) is 12.6. The van der Waals surface area contributed by atoms with E-state index in [1.54, 1.807) is 17.7 Å². The Morgan fingerprint density at radius 1 is 1.05 bits per heavy atom. The van der Waals surface area contributed by atoms with Crippen LogP contribution in [-0.4, -0.2) is 39.1 Å². The standard InChI is InChI=1S/C30H28N4O3/c1-3-37-25-15-13-21(14-16-25)28-22(19-33(32-28)23-9-5-4-6-10-23)17-26-20(2)27(18-31)30(36)34(29(26)35)24-11-7-8-12-24/h4-6,9-10,13-17,19,24H,3,7-8,11-12H2,1-2H3/b26-17-. The average molecular weight is 493 g/mol. The number of aromatic nitrogens is 2. The molecule has 2 aliphatic rings. The van der Waals surface area contributed by atoms with Crippen LogP contribution in [0, 0.1) is 11.3 Å². The lowest BCUT2D eigenvalue weighted by atomic mass is 9.92. The molecule has 186 valence electrons. The maximum absolute atomic E-state index is 13.7. The van der Waals surface area contributed by atoms with Gasteiger partial charge in [-0.25, -0.2) is 4.68 Å². The van der Waals surface area contributed by atoms with Gasteiger partial charge in [-0.3, -0.25) is 14.5 Å². The Balaban J connectivity index is 1.65. The van der Waals surface area contributed by atoms with Crippen molar-refractivity contribution in [1.29, 1.82) is 5.26 Å². The van der Waals surface area contributed by atoms with Gasteiger partial charge in [-0.15, -0.1) is 0 Å². The van der Waals surface area contributed by atoms with Crippen LogP contribution in [0.15, 0.2) is 77.5 Å². The minimum atomic E-state index is -0.485. The highest BCUT2D eigenvalue weighted by Crippen LogP contribution is 2.35. The third kappa shape index (κ3) is 4.58. The normalized spacial score (nSPS) is 17.5. The van der Waals surface area contributed by atoms with E-state index in [1.165, 1.54) is 4.90 Å². The molecule has 7 nitrogen and oxygen atoms in total. The number of para-hydroxylation sites is 1. The zero-order valence-corrected chi connectivity index (χ0v) is 21.0. The summed E-state index contributed by atoms with van der Waals surface area (Å²) in [5.41, 5.74) is 3.91. The maximum atomic E-state index is 13.7. The van der Waals surface area contributed by atoms with Crippen molar-refractivity contribution in [2.24, 2.45) is 0 Å². The third-order valence-electron chi connectivity index (χ3n) is 6.96. The number of nitriles is 1. The molecule has 5 rings (SSSR count). The van der Waals surface area contributed by atoms with Gasteiger partial charge in [-0.05, 0) is 74.7 Å². The molecule has 2 amide bonds. The van der Waals surface area contributed by atoms with E-state index >= 15 is 0 Å². The first-order valence-corrected chi connectivity index (χ1v) is 12.6. The third-order valence-corrected chi connectivity index (χ3v) is 6.96. The lowest BCUT2D eigenvalue weighted by Gasteiger charge is -2.32. The van der Waals surface area contributed by atoms with Crippen LogP contribution < -0.4 is 4.74 Å². The summed E-state index contributed by atoms with van der Waals surface area (Å²) in [5, 5.41) is 14.6. The van der Waals surface area contributed by atoms with Crippen LogP contribution in [0.3, 0.4) is 0 Å². The molecule has 1 aromatic heterocycles. The van der Waals surface area contributed by atoms with Gasteiger partial charge in [0.15, 0.2) is 0 Å². The lowest BCUT2D eigenvalue weighted by Crippen LogP contribution is -2.47. The van der Waals surface area contributed by atoms with Crippen LogP contribution >= 0.6 is 0 Å². The largest absolute Gasteiger partial charge is 0.494 e. The Labute approximate surface area is 216 Å². The Morgan fingerprint density at radius 3 is 2.41 bits per heavy atom. The van der Waals surface area contributed by atoms with E-state index in [9.17, 15) is 14.9 Å². The van der Waals surface area contributed by atoms with Gasteiger partial charge in [0, 0.05) is 28.9 Å². The van der Waals surface area contributed by atoms with Crippen molar-refractivity contribution in [3.63, 3.8) is 0 Å². The fourth-order valence-corrected chi connectivity index (χ4v) is 5.06. The van der Waals surface area contributed by atoms with Gasteiger partial charge in [0.25, 0.3) is 11.8 Å². The number of benzene rings is 2. The van der Waals surface area contributed by atoms with E-state index in [4.69, 9.17) is 9.84 Å². The molecule has 0 bridgehead atoms. The molecule has 7 heteroatoms. The summed E-state index contributed by atoms with van der Waals surface area (Å²) in [6, 6.07) is 19.3. The number of ether oxygens (including phenoxy) is 1. The first-order chi connectivity index (χ1) is 18.0. The summed E-state index contributed by atoms with van der Waals surface area (Å²) >= 11 is 0. The van der Waals surface area contributed by atoms with E-state index in [0.29, 0.717) is 29.0 Å². The number of amides is 2. The molecule has 0 atom stereocenters. The average Bonchev–Trinajstić information content (AvgIpc) is 3.59. The van der Waals surface area contributed by atoms with Gasteiger partial charge in [-0.2, -0.15) is 10.4 Å². The molecular formula is C30H28N4O3. The molecule has 2 aromatic carbocycles. The number of rotatable bonds is 6. The Morgan fingerprint density at radius 2 is 1.76 bits per heavy atom. The Hall–Kier alpha value is -4.44. The molecule has 1 fully saturated rings. The molecule has 1 aliphatic carbocycles. The maximum Gasteiger partial charge on any atom is 0.271 e. The lowest BCUT2D eigenvalue weighted by molar-refractivity contribution is -0.143. The van der Waals surface area contributed by atoms with Crippen molar-refractivity contribution in [3.8, 4) is 28.8 Å². The van der Waals surface area contributed by atoms with E-state index in [0.717, 1.165) is 42.7 Å². The number of carbonyl (C=O) groups is 2. The van der Waals surface area contributed by atoms with Crippen LogP contribution in [-0.2, 0) is 9.59 Å². The fraction of sp³-hybridized carbons (Fsp3) is 0.267. The molecule has 3 aromatic rings. The van der Waals surface area contributed by atoms with Gasteiger partial charge < -0.3 is 4.74 Å². The first kappa shape index (κ1) is 24.3. The molecule has 0 unspecified atom stereocenters. The van der Waals surface area contributed by atoms with Crippen LogP contribution in [0.4, 0.5) is 0 Å². The van der Waals surface area contributed by atoms with Gasteiger partial charge in [-0.1, -0.05) is 31.0 Å². The van der Waals surface area contributed by atoms with Gasteiger partial charge in [0.2, 0.25) is 0 Å². The van der Waals surface area contributed by atoms with E-state index in [-0.39, 0.29) is 17.5 Å². The van der Waals surface area contributed by atoms with Crippen LogP contribution in [0.5, 0.6) is 5.75 Å². The van der Waals surface area contributed by atoms with Crippen molar-refractivity contribution in [2.45, 2.75) is 45.6 Å². The van der Waals surface area contributed by atoms with Crippen molar-refractivity contribution >= 4 is 17.9 Å². The molecule has 0 spiro atoms. The molecule has 37 heavy (non-hydrogen) atoms. The molecular weight excluding hydrogens is 464 g/mol. The van der Waals surface area contributed by atoms with Gasteiger partial charge in [0.1, 0.15) is 17.4 Å². The number of nitrogens with zero attached hydrogens (tertiary/aromatic N) is 4. The molecule has 2 heterocycles. The Bertz CT molecular complexity index is 1440. The zero-order chi connectivity index (χ0) is 25.9. The van der Waals surface area contributed by atoms with Crippen molar-refractivity contribution in [3.05, 3.63) is 83.1 Å². The smallest absolute Gasteiger partial charge is 0.271 e. The second kappa shape index (κ2) is 10.3. The van der Waals surface area contributed by atoms with Crippen molar-refractivity contribution < 1.29 is 14.3 Å². The zero-order valence-electron chi connectivity index (χ0n) is 21.0. The predicted molar refractivity (Wildman–Crippen MR) is 141 cm³/mol. The highest BCUT2D eigenvalue weighted by atomic mass is 16.5. The Kier molecular flexibility index (Phi) is 6.74. The number of imide groups is 1. The topological polar surface area (TPSA) is 88.2 Å². The number of carbonyl (C=O) groups excluding carboxylic acids is 2. The van der Waals surface area contributed by atoms with Crippen LogP contribution in [0.2, 0.25) is 0 Å². The summed E-state index contributed by atoms with van der Waals surface area (Å²) in [4.78, 5) is 28.1. The number of hydrogen-bond donors (Lipinski definition) is 0. The minimum Gasteiger partial charge on any atom is -0.494 e. The molecule has 1 saturated carbocycles. The van der Waals surface area contributed by atoms with E-state index in [1.807, 2.05) is 73.8 Å². The highest BCUT2D eigenvalue weighted by molar-refractivity contribution is 6.20. The van der Waals surface area contributed by atoms with Gasteiger partial charge in [0.05, 0.1) is 18.0 Å². The summed E-state index contributed by atoms with van der Waals surface area (Å²) in [5.74, 6) is -0.0708. The van der Waals surface area contributed by atoms with Gasteiger partial charge >= 0.3 is 0 Å². The van der Waals surface area contributed by atoms with Crippen LogP contribution in [0.25, 0.3) is 23.0 Å². The SMILES string of the molecule is CCOc1ccc(-c2nn(-c3ccccc3)cc2/C=C2\C(=O)N(C3CCCC3)C(=O)C(C#N)=C2C)cc1. The number of hydrogen-bond acceptors (Lipinski definition) is 5. The second-order valence-corrected chi connectivity index (χ2v) is 9.26. The minimum absolute atomic E-state index is 0.0239. The van der Waals surface area contributed by atoms with Crippen molar-refractivity contribution in [2.75, 3.05) is 6.61 Å². The summed E-state index contributed by atoms with van der Waals surface area (Å²) in [7, 11) is 0. The summed E-state index contributed by atoms with van der Waals surface area (Å²) in [6.45, 7) is 4.18. The summed E-state index contributed by atoms with van der Waals surface area (Å²) < 4.78 is 7.36. The molecule has 0 saturated heterocycles. The fourth-order valence-electron chi connectivity index (χ4n) is 5.06. The van der Waals surface area contributed by atoms with Crippen LogP contribution in [0.1, 0.15) is 45.1 Å². The molecule has 0 radical (unpaired) electrons. The summed E-state index contributed by atoms with van der Waals surface area (Å²) in [6.07, 6.45) is 7.12. The van der Waals surface area contributed by atoms with Crippen molar-refractivity contribution in [1.82, 2.24) is 14.7 Å². The molecule has 1 aliphatic heterocycles. The molecule has 0 N–H and O–H groups in total. The second-order valence-electron chi connectivity index (χ2n) is 9.26.